The lowest BCUT2D eigenvalue weighted by molar-refractivity contribution is 0.462. The van der Waals surface area contributed by atoms with Crippen LogP contribution in [0.25, 0.3) is 0 Å². The second kappa shape index (κ2) is 10.6. The molecule has 0 atom stereocenters. The zero-order valence-electron chi connectivity index (χ0n) is 18.5. The molecule has 0 saturated heterocycles. The average Bonchev–Trinajstić information content (AvgIpc) is 2.86. The topological polar surface area (TPSA) is 68.7 Å². The number of nitrogens with zero attached hydrogens (tertiary/aromatic N) is 2. The highest BCUT2D eigenvalue weighted by molar-refractivity contribution is 7.92. The van der Waals surface area contributed by atoms with E-state index in [4.69, 9.17) is 21.1 Å². The molecule has 1 aromatic heterocycles. The third kappa shape index (κ3) is 6.07. The van der Waals surface area contributed by atoms with Crippen molar-refractivity contribution >= 4 is 27.3 Å². The first kappa shape index (κ1) is 23.6. The largest absolute Gasteiger partial charge is 0.457 e. The fraction of sp³-hybridized carbons (Fsp3) is 0.115. The van der Waals surface area contributed by atoms with Crippen LogP contribution in [0.1, 0.15) is 12.5 Å². The molecule has 1 heterocycles. The molecule has 34 heavy (non-hydrogen) atoms. The third-order valence-electron chi connectivity index (χ3n) is 4.96. The van der Waals surface area contributed by atoms with Gasteiger partial charge in [-0.3, -0.25) is 4.31 Å². The van der Waals surface area contributed by atoms with E-state index in [1.807, 2.05) is 30.3 Å². The highest BCUT2D eigenvalue weighted by atomic mass is 35.5. The van der Waals surface area contributed by atoms with Crippen LogP contribution in [-0.2, 0) is 16.6 Å². The van der Waals surface area contributed by atoms with Crippen LogP contribution in [0.2, 0.25) is 5.02 Å². The first-order valence-electron chi connectivity index (χ1n) is 10.6. The zero-order chi connectivity index (χ0) is 24.0. The molecule has 0 aliphatic heterocycles. The first-order chi connectivity index (χ1) is 16.4. The summed E-state index contributed by atoms with van der Waals surface area (Å²) < 4.78 is 38.6. The van der Waals surface area contributed by atoms with Crippen LogP contribution in [-0.4, -0.2) is 19.2 Å². The number of pyridine rings is 1. The maximum absolute atomic E-state index is 12.9. The highest BCUT2D eigenvalue weighted by Crippen LogP contribution is 2.28. The average molecular weight is 495 g/mol. The van der Waals surface area contributed by atoms with Gasteiger partial charge in [0.1, 0.15) is 17.2 Å². The highest BCUT2D eigenvalue weighted by Gasteiger charge is 2.21. The summed E-state index contributed by atoms with van der Waals surface area (Å²) in [5.41, 5.74) is 1.27. The molecule has 0 saturated carbocycles. The van der Waals surface area contributed by atoms with E-state index in [9.17, 15) is 8.42 Å². The van der Waals surface area contributed by atoms with Crippen molar-refractivity contribution in [2.45, 2.75) is 13.5 Å². The smallest absolute Gasteiger partial charge is 0.235 e. The molecule has 0 amide bonds. The summed E-state index contributed by atoms with van der Waals surface area (Å²) in [7, 11) is -3.53. The van der Waals surface area contributed by atoms with Gasteiger partial charge in [-0.25, -0.2) is 13.4 Å². The van der Waals surface area contributed by atoms with Gasteiger partial charge >= 0.3 is 0 Å². The van der Waals surface area contributed by atoms with Gasteiger partial charge in [-0.2, -0.15) is 0 Å². The monoisotopic (exact) mass is 494 g/mol. The Morgan fingerprint density at radius 1 is 0.794 bits per heavy atom. The molecule has 174 valence electrons. The summed E-state index contributed by atoms with van der Waals surface area (Å²) in [5, 5.41) is 0.618. The van der Waals surface area contributed by atoms with Crippen molar-refractivity contribution in [3.05, 3.63) is 108 Å². The van der Waals surface area contributed by atoms with Gasteiger partial charge in [0.2, 0.25) is 15.9 Å². The van der Waals surface area contributed by atoms with Crippen LogP contribution in [0.3, 0.4) is 0 Å². The minimum Gasteiger partial charge on any atom is -0.457 e. The number of sulfonamides is 1. The molecule has 0 radical (unpaired) electrons. The molecule has 4 aromatic rings. The predicted molar refractivity (Wildman–Crippen MR) is 134 cm³/mol. The number of hydrogen-bond acceptors (Lipinski definition) is 5. The van der Waals surface area contributed by atoms with Gasteiger partial charge in [-0.1, -0.05) is 35.9 Å². The fourth-order valence-corrected chi connectivity index (χ4v) is 4.39. The Balaban J connectivity index is 1.50. The maximum Gasteiger partial charge on any atom is 0.235 e. The van der Waals surface area contributed by atoms with E-state index in [0.29, 0.717) is 33.8 Å². The van der Waals surface area contributed by atoms with Crippen LogP contribution in [0.15, 0.2) is 97.2 Å². The quantitative estimate of drug-likeness (QED) is 0.260. The third-order valence-corrected chi connectivity index (χ3v) is 6.96. The Labute approximate surface area is 204 Å². The van der Waals surface area contributed by atoms with Crippen LogP contribution >= 0.6 is 11.6 Å². The minimum absolute atomic E-state index is 0.0273. The second-order valence-electron chi connectivity index (χ2n) is 7.38. The molecule has 0 fully saturated rings. The SMILES string of the molecule is CCS(=O)(=O)N(Cc1ccc(Oc2ccc(Cl)cc2)nc1)c1ccc(Oc2ccccc2)cc1. The van der Waals surface area contributed by atoms with Gasteiger partial charge in [0, 0.05) is 17.3 Å². The summed E-state index contributed by atoms with van der Waals surface area (Å²) in [6, 6.07) is 26.8. The number of para-hydroxylation sites is 1. The van der Waals surface area contributed by atoms with Crippen LogP contribution in [0, 0.1) is 0 Å². The summed E-state index contributed by atoms with van der Waals surface area (Å²) in [5.74, 6) is 2.31. The van der Waals surface area contributed by atoms with Crippen molar-refractivity contribution in [3.63, 3.8) is 0 Å². The second-order valence-corrected chi connectivity index (χ2v) is 10.00. The molecule has 8 heteroatoms. The van der Waals surface area contributed by atoms with Gasteiger partial charge < -0.3 is 9.47 Å². The van der Waals surface area contributed by atoms with Gasteiger partial charge in [0.05, 0.1) is 18.0 Å². The normalized spacial score (nSPS) is 11.1. The lowest BCUT2D eigenvalue weighted by Gasteiger charge is -2.24. The van der Waals surface area contributed by atoms with Gasteiger partial charge in [-0.15, -0.1) is 0 Å². The van der Waals surface area contributed by atoms with E-state index in [2.05, 4.69) is 4.98 Å². The van der Waals surface area contributed by atoms with Crippen LogP contribution in [0.5, 0.6) is 23.1 Å². The molecule has 3 aromatic carbocycles. The molecule has 0 aliphatic carbocycles. The number of ether oxygens (including phenoxy) is 2. The number of hydrogen-bond donors (Lipinski definition) is 0. The van der Waals surface area contributed by atoms with E-state index in [1.165, 1.54) is 4.31 Å². The van der Waals surface area contributed by atoms with E-state index < -0.39 is 10.0 Å². The molecule has 4 rings (SSSR count). The Morgan fingerprint density at radius 2 is 1.41 bits per heavy atom. The number of aromatic nitrogens is 1. The predicted octanol–water partition coefficient (Wildman–Crippen LogP) is 6.68. The summed E-state index contributed by atoms with van der Waals surface area (Å²) in [6.45, 7) is 1.76. The van der Waals surface area contributed by atoms with Gasteiger partial charge in [-0.05, 0) is 73.2 Å². The molecular weight excluding hydrogens is 472 g/mol. The standard InChI is InChI=1S/C26H23ClN2O4S/c1-2-34(30,31)29(22-11-15-24(16-12-22)32-23-6-4-3-5-7-23)19-20-8-17-26(28-18-20)33-25-13-9-21(27)10-14-25/h3-18H,2,19H2,1H3. The van der Waals surface area contributed by atoms with E-state index in [-0.39, 0.29) is 12.3 Å². The van der Waals surface area contributed by atoms with Crippen molar-refractivity contribution in [2.75, 3.05) is 10.1 Å². The molecule has 0 N–H and O–H groups in total. The van der Waals surface area contributed by atoms with E-state index in [1.54, 1.807) is 73.8 Å². The number of benzene rings is 3. The number of rotatable bonds is 9. The van der Waals surface area contributed by atoms with Gasteiger partial charge in [0.15, 0.2) is 0 Å². The van der Waals surface area contributed by atoms with Gasteiger partial charge in [0.25, 0.3) is 0 Å². The zero-order valence-corrected chi connectivity index (χ0v) is 20.0. The van der Waals surface area contributed by atoms with E-state index >= 15 is 0 Å². The van der Waals surface area contributed by atoms with Crippen molar-refractivity contribution < 1.29 is 17.9 Å². The number of anilines is 1. The van der Waals surface area contributed by atoms with Crippen molar-refractivity contribution in [2.24, 2.45) is 0 Å². The number of halogens is 1. The molecule has 0 spiro atoms. The molecule has 6 nitrogen and oxygen atoms in total. The minimum atomic E-state index is -3.53. The Kier molecular flexibility index (Phi) is 7.35. The van der Waals surface area contributed by atoms with Crippen LogP contribution < -0.4 is 13.8 Å². The molecule has 0 bridgehead atoms. The fourth-order valence-electron chi connectivity index (χ4n) is 3.17. The van der Waals surface area contributed by atoms with Crippen LogP contribution in [0.4, 0.5) is 5.69 Å². The Bertz CT molecular complexity index is 1310. The molecule has 0 unspecified atom stereocenters. The Hall–Kier alpha value is -3.55. The van der Waals surface area contributed by atoms with Crippen molar-refractivity contribution in [1.29, 1.82) is 0 Å². The Morgan fingerprint density at radius 3 is 2.03 bits per heavy atom. The van der Waals surface area contributed by atoms with E-state index in [0.717, 1.165) is 5.56 Å². The van der Waals surface area contributed by atoms with Crippen molar-refractivity contribution in [3.8, 4) is 23.1 Å². The summed E-state index contributed by atoms with van der Waals surface area (Å²) in [6.07, 6.45) is 1.61. The first-order valence-corrected chi connectivity index (χ1v) is 12.6. The summed E-state index contributed by atoms with van der Waals surface area (Å²) >= 11 is 5.90. The van der Waals surface area contributed by atoms with Crippen molar-refractivity contribution in [1.82, 2.24) is 4.98 Å². The molecule has 0 aliphatic rings. The lowest BCUT2D eigenvalue weighted by atomic mass is 10.2. The molecular formula is C26H23ClN2O4S. The summed E-state index contributed by atoms with van der Waals surface area (Å²) in [4.78, 5) is 4.32. The lowest BCUT2D eigenvalue weighted by Crippen LogP contribution is -2.31. The maximum atomic E-state index is 12.9.